The van der Waals surface area contributed by atoms with Crippen LogP contribution in [0.2, 0.25) is 0 Å². The molecule has 0 aliphatic heterocycles. The predicted octanol–water partition coefficient (Wildman–Crippen LogP) is 0.285. The highest BCUT2D eigenvalue weighted by Gasteiger charge is 2.67. The minimum absolute atomic E-state index is 0.106. The maximum Gasteiger partial charge on any atom is 0.321 e. The van der Waals surface area contributed by atoms with E-state index in [2.05, 4.69) is 0 Å². The van der Waals surface area contributed by atoms with E-state index in [0.717, 1.165) is 0 Å². The third kappa shape index (κ3) is 0.921. The molecule has 5 heteroatoms. The maximum atomic E-state index is 10.8. The summed E-state index contributed by atoms with van der Waals surface area (Å²) in [7, 11) is 0. The van der Waals surface area contributed by atoms with Crippen molar-refractivity contribution in [1.82, 2.24) is 0 Å². The summed E-state index contributed by atoms with van der Waals surface area (Å²) in [4.78, 5) is 32.3. The second-order valence-electron chi connectivity index (χ2n) is 4.44. The van der Waals surface area contributed by atoms with E-state index >= 15 is 0 Å². The number of carbonyl (C=O) groups excluding carboxylic acids is 1. The molecule has 0 amide bonds. The summed E-state index contributed by atoms with van der Waals surface area (Å²) >= 11 is 0. The summed E-state index contributed by atoms with van der Waals surface area (Å²) in [6.07, 6.45) is 0.928. The molecule has 2 rings (SSSR count). The van der Waals surface area contributed by atoms with Crippen LogP contribution in [0.1, 0.15) is 25.7 Å². The van der Waals surface area contributed by atoms with Gasteiger partial charge < -0.3 is 10.2 Å². The summed E-state index contributed by atoms with van der Waals surface area (Å²) < 4.78 is 0. The molecule has 2 N–H and O–H groups in total. The predicted molar refractivity (Wildman–Crippen MR) is 43.6 cm³/mol. The van der Waals surface area contributed by atoms with Crippen molar-refractivity contribution < 1.29 is 24.6 Å². The fourth-order valence-electron chi connectivity index (χ4n) is 2.66. The highest BCUT2D eigenvalue weighted by molar-refractivity contribution is 6.01. The summed E-state index contributed by atoms with van der Waals surface area (Å²) in [6, 6.07) is 0. The molecular formula is C9H10O5. The van der Waals surface area contributed by atoms with Crippen LogP contribution in [0.4, 0.5) is 0 Å². The molecular weight excluding hydrogens is 188 g/mol. The molecule has 76 valence electrons. The van der Waals surface area contributed by atoms with Crippen LogP contribution in [0.5, 0.6) is 0 Å². The quantitative estimate of drug-likeness (QED) is 0.622. The van der Waals surface area contributed by atoms with Gasteiger partial charge in [-0.05, 0) is 18.3 Å². The van der Waals surface area contributed by atoms with Crippen LogP contribution in [0, 0.1) is 10.8 Å². The van der Waals surface area contributed by atoms with Gasteiger partial charge in [0.15, 0.2) is 5.41 Å². The topological polar surface area (TPSA) is 91.7 Å². The molecule has 14 heavy (non-hydrogen) atoms. The molecule has 2 aliphatic carbocycles. The number of carboxylic acid groups (broad SMARTS) is 2. The zero-order chi connectivity index (χ0) is 10.6. The second-order valence-corrected chi connectivity index (χ2v) is 4.44. The summed E-state index contributed by atoms with van der Waals surface area (Å²) in [5, 5.41) is 17.6. The molecule has 0 saturated heterocycles. The van der Waals surface area contributed by atoms with E-state index in [9.17, 15) is 14.4 Å². The molecule has 0 aromatic heterocycles. The average Bonchev–Trinajstić information content (AvgIpc) is 1.91. The van der Waals surface area contributed by atoms with Gasteiger partial charge in [0.2, 0.25) is 0 Å². The number of carboxylic acids is 2. The highest BCUT2D eigenvalue weighted by Crippen LogP contribution is 2.63. The first-order valence-electron chi connectivity index (χ1n) is 4.39. The van der Waals surface area contributed by atoms with E-state index in [1.807, 2.05) is 0 Å². The monoisotopic (exact) mass is 198 g/mol. The first-order valence-corrected chi connectivity index (χ1v) is 4.39. The number of rotatable bonds is 2. The molecule has 0 bridgehead atoms. The van der Waals surface area contributed by atoms with Gasteiger partial charge in [-0.2, -0.15) is 0 Å². The third-order valence-corrected chi connectivity index (χ3v) is 3.32. The van der Waals surface area contributed by atoms with Crippen LogP contribution in [-0.4, -0.2) is 27.9 Å². The third-order valence-electron chi connectivity index (χ3n) is 3.32. The van der Waals surface area contributed by atoms with E-state index < -0.39 is 17.4 Å². The first-order chi connectivity index (χ1) is 6.40. The van der Waals surface area contributed by atoms with Gasteiger partial charge in [-0.1, -0.05) is 0 Å². The van der Waals surface area contributed by atoms with Gasteiger partial charge in [0.05, 0.1) is 0 Å². The van der Waals surface area contributed by atoms with Crippen molar-refractivity contribution in [2.75, 3.05) is 0 Å². The van der Waals surface area contributed by atoms with Gasteiger partial charge >= 0.3 is 11.9 Å². The lowest BCUT2D eigenvalue weighted by molar-refractivity contribution is -0.192. The van der Waals surface area contributed by atoms with Gasteiger partial charge in [-0.3, -0.25) is 14.4 Å². The molecule has 0 heterocycles. The van der Waals surface area contributed by atoms with Crippen LogP contribution < -0.4 is 0 Å². The standard InChI is InChI=1S/C9H10O5/c10-5-1-8(2-5)3-9(4-8,6(11)12)7(13)14/h1-4H2,(H,11,12)(H,13,14). The van der Waals surface area contributed by atoms with Crippen LogP contribution in [0.15, 0.2) is 0 Å². The van der Waals surface area contributed by atoms with Crippen LogP contribution in [0.3, 0.4) is 0 Å². The zero-order valence-corrected chi connectivity index (χ0v) is 7.45. The van der Waals surface area contributed by atoms with Crippen LogP contribution in [0.25, 0.3) is 0 Å². The molecule has 2 saturated carbocycles. The Morgan fingerprint density at radius 1 is 1.07 bits per heavy atom. The fraction of sp³-hybridized carbons (Fsp3) is 0.667. The molecule has 0 radical (unpaired) electrons. The SMILES string of the molecule is O=C1CC2(C1)CC(C(=O)O)(C(=O)O)C2. The molecule has 0 atom stereocenters. The minimum atomic E-state index is -1.62. The van der Waals surface area contributed by atoms with Crippen molar-refractivity contribution in [3.05, 3.63) is 0 Å². The lowest BCUT2D eigenvalue weighted by Crippen LogP contribution is -2.60. The van der Waals surface area contributed by atoms with E-state index in [-0.39, 0.29) is 24.0 Å². The number of aliphatic carboxylic acids is 2. The zero-order valence-electron chi connectivity index (χ0n) is 7.45. The maximum absolute atomic E-state index is 10.8. The van der Waals surface area contributed by atoms with Crippen LogP contribution in [-0.2, 0) is 14.4 Å². The van der Waals surface area contributed by atoms with E-state index in [1.54, 1.807) is 0 Å². The number of hydrogen-bond acceptors (Lipinski definition) is 3. The van der Waals surface area contributed by atoms with Crippen LogP contribution >= 0.6 is 0 Å². The Bertz CT molecular complexity index is 311. The lowest BCUT2D eigenvalue weighted by atomic mass is 9.45. The van der Waals surface area contributed by atoms with Crippen molar-refractivity contribution in [3.8, 4) is 0 Å². The lowest BCUT2D eigenvalue weighted by Gasteiger charge is -2.55. The number of carbonyl (C=O) groups is 3. The normalized spacial score (nSPS) is 26.4. The van der Waals surface area contributed by atoms with Gasteiger partial charge in [0.25, 0.3) is 0 Å². The highest BCUT2D eigenvalue weighted by atomic mass is 16.4. The Labute approximate surface area is 79.7 Å². The molecule has 1 spiro atoms. The van der Waals surface area contributed by atoms with Crippen molar-refractivity contribution in [2.45, 2.75) is 25.7 Å². The van der Waals surface area contributed by atoms with Crippen molar-refractivity contribution in [2.24, 2.45) is 10.8 Å². The van der Waals surface area contributed by atoms with Gasteiger partial charge in [0, 0.05) is 12.8 Å². The number of ketones is 1. The smallest absolute Gasteiger partial charge is 0.321 e. The van der Waals surface area contributed by atoms with Crippen molar-refractivity contribution in [1.29, 1.82) is 0 Å². The minimum Gasteiger partial charge on any atom is -0.480 e. The average molecular weight is 198 g/mol. The Morgan fingerprint density at radius 3 is 1.79 bits per heavy atom. The Balaban J connectivity index is 2.12. The van der Waals surface area contributed by atoms with E-state index in [0.29, 0.717) is 12.8 Å². The number of Topliss-reactive ketones (excluding diaryl/α,β-unsaturated/α-hetero) is 1. The second kappa shape index (κ2) is 2.34. The van der Waals surface area contributed by atoms with Crippen molar-refractivity contribution >= 4 is 17.7 Å². The molecule has 0 aromatic rings. The van der Waals surface area contributed by atoms with Gasteiger partial charge in [-0.25, -0.2) is 0 Å². The summed E-state index contributed by atoms with van der Waals surface area (Å²) in [5.74, 6) is -2.46. The van der Waals surface area contributed by atoms with E-state index in [1.165, 1.54) is 0 Å². The number of hydrogen-bond donors (Lipinski definition) is 2. The Kier molecular flexibility index (Phi) is 1.54. The van der Waals surface area contributed by atoms with E-state index in [4.69, 9.17) is 10.2 Å². The largest absolute Gasteiger partial charge is 0.480 e. The fourth-order valence-corrected chi connectivity index (χ4v) is 2.66. The van der Waals surface area contributed by atoms with Gasteiger partial charge in [0.1, 0.15) is 5.78 Å². The Morgan fingerprint density at radius 2 is 1.50 bits per heavy atom. The molecule has 0 aromatic carbocycles. The Hall–Kier alpha value is -1.39. The summed E-state index contributed by atoms with van der Waals surface area (Å²) in [5.41, 5.74) is -1.92. The van der Waals surface area contributed by atoms with Gasteiger partial charge in [-0.15, -0.1) is 0 Å². The molecule has 2 fully saturated rings. The molecule has 2 aliphatic rings. The first kappa shape index (κ1) is 9.18. The molecule has 5 nitrogen and oxygen atoms in total. The van der Waals surface area contributed by atoms with Crippen molar-refractivity contribution in [3.63, 3.8) is 0 Å². The summed E-state index contributed by atoms with van der Waals surface area (Å²) in [6.45, 7) is 0. The molecule has 0 unspecified atom stereocenters.